The standard InChI is InChI=1S/C13H18F4N2O.ClH/c14-12(15)13(16,17)20-10-5-3-4-9(8-10)11(19)6-1-2-7-18;/h3-5,8,11-12H,1-2,6-7,18-19H2;1H/t11-;/m0./s1. The van der Waals surface area contributed by atoms with E-state index >= 15 is 0 Å². The van der Waals surface area contributed by atoms with Crippen LogP contribution in [0.25, 0.3) is 0 Å². The Morgan fingerprint density at radius 2 is 1.86 bits per heavy atom. The Bertz CT molecular complexity index is 421. The number of hydrogen-bond donors (Lipinski definition) is 2. The van der Waals surface area contributed by atoms with E-state index in [1.165, 1.54) is 18.2 Å². The zero-order valence-electron chi connectivity index (χ0n) is 11.3. The Balaban J connectivity index is 0.00000400. The highest BCUT2D eigenvalue weighted by Crippen LogP contribution is 2.29. The van der Waals surface area contributed by atoms with Crippen LogP contribution in [0.5, 0.6) is 5.75 Å². The minimum atomic E-state index is -4.51. The van der Waals surface area contributed by atoms with E-state index in [1.807, 2.05) is 0 Å². The molecule has 21 heavy (non-hydrogen) atoms. The lowest BCUT2D eigenvalue weighted by atomic mass is 10.0. The molecule has 0 fully saturated rings. The zero-order chi connectivity index (χ0) is 15.2. The van der Waals surface area contributed by atoms with Crippen molar-refractivity contribution >= 4 is 12.4 Å². The molecule has 0 unspecified atom stereocenters. The molecule has 4 N–H and O–H groups in total. The monoisotopic (exact) mass is 330 g/mol. The Labute approximate surface area is 127 Å². The first-order valence-electron chi connectivity index (χ1n) is 6.27. The number of rotatable bonds is 8. The summed E-state index contributed by atoms with van der Waals surface area (Å²) in [6, 6.07) is 5.15. The molecule has 0 aromatic heterocycles. The van der Waals surface area contributed by atoms with Gasteiger partial charge in [0.2, 0.25) is 0 Å². The summed E-state index contributed by atoms with van der Waals surface area (Å²) in [5.41, 5.74) is 11.8. The molecule has 0 aliphatic heterocycles. The molecule has 1 atom stereocenters. The van der Waals surface area contributed by atoms with Crippen molar-refractivity contribution in [2.24, 2.45) is 11.5 Å². The highest BCUT2D eigenvalue weighted by Gasteiger charge is 2.43. The van der Waals surface area contributed by atoms with Crippen molar-refractivity contribution in [3.63, 3.8) is 0 Å². The van der Waals surface area contributed by atoms with Gasteiger partial charge in [0.05, 0.1) is 0 Å². The van der Waals surface area contributed by atoms with E-state index in [9.17, 15) is 17.6 Å². The molecular weight excluding hydrogens is 312 g/mol. The van der Waals surface area contributed by atoms with Crippen molar-refractivity contribution in [1.82, 2.24) is 0 Å². The summed E-state index contributed by atoms with van der Waals surface area (Å²) in [4.78, 5) is 0. The number of alkyl halides is 4. The molecule has 0 amide bonds. The molecule has 0 saturated heterocycles. The molecule has 1 aromatic carbocycles. The molecule has 0 spiro atoms. The van der Waals surface area contributed by atoms with Crippen LogP contribution < -0.4 is 16.2 Å². The van der Waals surface area contributed by atoms with E-state index in [-0.39, 0.29) is 24.2 Å². The highest BCUT2D eigenvalue weighted by atomic mass is 35.5. The summed E-state index contributed by atoms with van der Waals surface area (Å²) in [7, 11) is 0. The van der Waals surface area contributed by atoms with Crippen LogP contribution in [0.1, 0.15) is 30.9 Å². The topological polar surface area (TPSA) is 61.3 Å². The number of benzene rings is 1. The van der Waals surface area contributed by atoms with Gasteiger partial charge in [-0.3, -0.25) is 0 Å². The maximum Gasteiger partial charge on any atom is 0.461 e. The Hall–Kier alpha value is -1.05. The first kappa shape index (κ1) is 19.9. The van der Waals surface area contributed by atoms with Crippen LogP contribution in [0.3, 0.4) is 0 Å². The molecule has 0 radical (unpaired) electrons. The smallest absolute Gasteiger partial charge is 0.428 e. The van der Waals surface area contributed by atoms with Gasteiger partial charge in [0, 0.05) is 6.04 Å². The minimum Gasteiger partial charge on any atom is -0.428 e. The number of hydrogen-bond acceptors (Lipinski definition) is 3. The van der Waals surface area contributed by atoms with Gasteiger partial charge in [0.15, 0.2) is 0 Å². The average Bonchev–Trinajstić information content (AvgIpc) is 2.38. The maximum absolute atomic E-state index is 12.8. The summed E-state index contributed by atoms with van der Waals surface area (Å²) < 4.78 is 53.7. The van der Waals surface area contributed by atoms with E-state index in [0.29, 0.717) is 18.5 Å². The van der Waals surface area contributed by atoms with E-state index in [4.69, 9.17) is 11.5 Å². The van der Waals surface area contributed by atoms with Gasteiger partial charge in [-0.15, -0.1) is 12.4 Å². The minimum absolute atomic E-state index is 0. The molecule has 3 nitrogen and oxygen atoms in total. The number of unbranched alkanes of at least 4 members (excludes halogenated alkanes) is 1. The summed E-state index contributed by atoms with van der Waals surface area (Å²) in [5, 5.41) is 0. The van der Waals surface area contributed by atoms with Crippen LogP contribution in [0, 0.1) is 0 Å². The maximum atomic E-state index is 12.8. The molecular formula is C13H19ClF4N2O. The summed E-state index contributed by atoms with van der Waals surface area (Å²) in [5.74, 6) is -0.331. The van der Waals surface area contributed by atoms with Gasteiger partial charge in [-0.1, -0.05) is 18.6 Å². The van der Waals surface area contributed by atoms with E-state index in [0.717, 1.165) is 12.8 Å². The van der Waals surface area contributed by atoms with Gasteiger partial charge in [-0.25, -0.2) is 0 Å². The van der Waals surface area contributed by atoms with Crippen LogP contribution in [-0.4, -0.2) is 19.1 Å². The van der Waals surface area contributed by atoms with Gasteiger partial charge in [-0.05, 0) is 37.1 Å². The van der Waals surface area contributed by atoms with Gasteiger partial charge in [0.25, 0.3) is 0 Å². The molecule has 0 aliphatic rings. The van der Waals surface area contributed by atoms with Crippen molar-refractivity contribution < 1.29 is 22.3 Å². The zero-order valence-corrected chi connectivity index (χ0v) is 12.1. The average molecular weight is 331 g/mol. The number of ether oxygens (including phenoxy) is 1. The third-order valence-corrected chi connectivity index (χ3v) is 2.76. The normalized spacial score (nSPS) is 12.9. The fraction of sp³-hybridized carbons (Fsp3) is 0.538. The van der Waals surface area contributed by atoms with Crippen molar-refractivity contribution in [2.75, 3.05) is 6.54 Å². The van der Waals surface area contributed by atoms with Crippen LogP contribution in [0.15, 0.2) is 24.3 Å². The fourth-order valence-corrected chi connectivity index (χ4v) is 1.69. The molecule has 0 heterocycles. The van der Waals surface area contributed by atoms with E-state index in [1.54, 1.807) is 6.07 Å². The quantitative estimate of drug-likeness (QED) is 0.566. The second-order valence-electron chi connectivity index (χ2n) is 4.43. The molecule has 1 rings (SSSR count). The highest BCUT2D eigenvalue weighted by molar-refractivity contribution is 5.85. The second kappa shape index (κ2) is 9.07. The summed E-state index contributed by atoms with van der Waals surface area (Å²) in [6.45, 7) is 0.552. The van der Waals surface area contributed by atoms with Gasteiger partial charge in [0.1, 0.15) is 5.75 Å². The molecule has 8 heteroatoms. The third-order valence-electron chi connectivity index (χ3n) is 2.76. The lowest BCUT2D eigenvalue weighted by molar-refractivity contribution is -0.253. The van der Waals surface area contributed by atoms with Crippen molar-refractivity contribution in [3.05, 3.63) is 29.8 Å². The van der Waals surface area contributed by atoms with Gasteiger partial charge in [-0.2, -0.15) is 17.6 Å². The van der Waals surface area contributed by atoms with Crippen LogP contribution in [0.4, 0.5) is 17.6 Å². The fourth-order valence-electron chi connectivity index (χ4n) is 1.69. The van der Waals surface area contributed by atoms with Crippen LogP contribution >= 0.6 is 12.4 Å². The molecule has 0 aliphatic carbocycles. The lowest BCUT2D eigenvalue weighted by Gasteiger charge is -2.18. The Morgan fingerprint density at radius 3 is 2.43 bits per heavy atom. The lowest BCUT2D eigenvalue weighted by Crippen LogP contribution is -2.33. The molecule has 122 valence electrons. The van der Waals surface area contributed by atoms with Crippen molar-refractivity contribution in [3.8, 4) is 5.75 Å². The predicted octanol–water partition coefficient (Wildman–Crippen LogP) is 3.47. The van der Waals surface area contributed by atoms with Crippen LogP contribution in [0.2, 0.25) is 0 Å². The molecule has 0 bridgehead atoms. The predicted molar refractivity (Wildman–Crippen MR) is 75.1 cm³/mol. The number of halogens is 5. The third kappa shape index (κ3) is 6.50. The van der Waals surface area contributed by atoms with E-state index in [2.05, 4.69) is 4.74 Å². The van der Waals surface area contributed by atoms with Crippen molar-refractivity contribution in [1.29, 1.82) is 0 Å². The molecule has 1 aromatic rings. The summed E-state index contributed by atoms with van der Waals surface area (Å²) in [6.07, 6.45) is -6.15. The number of nitrogens with two attached hydrogens (primary N) is 2. The summed E-state index contributed by atoms with van der Waals surface area (Å²) >= 11 is 0. The SMILES string of the molecule is Cl.NCCCC[C@H](N)c1cccc(OC(F)(F)C(F)F)c1. The Kier molecular flexibility index (Phi) is 8.61. The Morgan fingerprint density at radius 1 is 1.19 bits per heavy atom. The second-order valence-corrected chi connectivity index (χ2v) is 4.43. The molecule has 0 saturated carbocycles. The van der Waals surface area contributed by atoms with Crippen LogP contribution in [-0.2, 0) is 0 Å². The van der Waals surface area contributed by atoms with Crippen molar-refractivity contribution in [2.45, 2.75) is 37.8 Å². The largest absolute Gasteiger partial charge is 0.461 e. The van der Waals surface area contributed by atoms with Gasteiger partial charge < -0.3 is 16.2 Å². The first-order chi connectivity index (χ1) is 9.36. The van der Waals surface area contributed by atoms with E-state index < -0.39 is 12.5 Å². The first-order valence-corrected chi connectivity index (χ1v) is 6.27. The van der Waals surface area contributed by atoms with Gasteiger partial charge >= 0.3 is 12.5 Å².